The first-order valence-corrected chi connectivity index (χ1v) is 6.67. The van der Waals surface area contributed by atoms with E-state index in [1.807, 2.05) is 11.0 Å². The van der Waals surface area contributed by atoms with Crippen LogP contribution in [0.3, 0.4) is 0 Å². The lowest BCUT2D eigenvalue weighted by Gasteiger charge is -2.31. The topological polar surface area (TPSA) is 82.2 Å². The molecule has 100 valence electrons. The van der Waals surface area contributed by atoms with Crippen molar-refractivity contribution in [3.05, 3.63) is 38.3 Å². The number of nitrogens with zero attached hydrogens (tertiary/aromatic N) is 3. The van der Waals surface area contributed by atoms with Gasteiger partial charge in [-0.05, 0) is 11.6 Å². The average molecular weight is 325 g/mol. The number of nitro groups is 1. The van der Waals surface area contributed by atoms with Crippen LogP contribution in [0.4, 0.5) is 5.69 Å². The van der Waals surface area contributed by atoms with Crippen molar-refractivity contribution in [1.82, 2.24) is 10.2 Å². The zero-order valence-electron chi connectivity index (χ0n) is 10.2. The number of nitrogens with one attached hydrogen (secondary N) is 1. The first-order chi connectivity index (χ1) is 9.10. The number of non-ortho nitro benzene ring substituents is 1. The molecule has 6 nitrogen and oxygen atoms in total. The fourth-order valence-corrected chi connectivity index (χ4v) is 2.66. The van der Waals surface area contributed by atoms with Crippen LogP contribution in [-0.4, -0.2) is 35.5 Å². The molecule has 0 aliphatic carbocycles. The van der Waals surface area contributed by atoms with Gasteiger partial charge in [-0.1, -0.05) is 15.9 Å². The molecule has 0 radical (unpaired) electrons. The second-order valence-corrected chi connectivity index (χ2v) is 5.31. The molecule has 1 heterocycles. The van der Waals surface area contributed by atoms with Gasteiger partial charge in [0.15, 0.2) is 0 Å². The highest BCUT2D eigenvalue weighted by molar-refractivity contribution is 9.10. The van der Waals surface area contributed by atoms with E-state index >= 15 is 0 Å². The third kappa shape index (κ3) is 3.50. The summed E-state index contributed by atoms with van der Waals surface area (Å²) in [6.07, 6.45) is 0. The Balaban J connectivity index is 2.18. The van der Waals surface area contributed by atoms with Crippen LogP contribution in [0.25, 0.3) is 0 Å². The van der Waals surface area contributed by atoms with Gasteiger partial charge in [0.1, 0.15) is 6.04 Å². The Morgan fingerprint density at radius 2 is 2.37 bits per heavy atom. The summed E-state index contributed by atoms with van der Waals surface area (Å²) < 4.78 is 0.681. The lowest BCUT2D eigenvalue weighted by molar-refractivity contribution is -0.385. The molecule has 7 heteroatoms. The molecular weight excluding hydrogens is 312 g/mol. The second kappa shape index (κ2) is 6.10. The number of benzene rings is 1. The quantitative estimate of drug-likeness (QED) is 0.675. The summed E-state index contributed by atoms with van der Waals surface area (Å²) >= 11 is 3.28. The van der Waals surface area contributed by atoms with Gasteiger partial charge in [0, 0.05) is 42.8 Å². The molecule has 0 aromatic heterocycles. The summed E-state index contributed by atoms with van der Waals surface area (Å²) in [5.74, 6) is 0. The first-order valence-electron chi connectivity index (χ1n) is 5.88. The Labute approximate surface area is 119 Å². The number of halogens is 1. The molecule has 19 heavy (non-hydrogen) atoms. The molecule has 1 saturated heterocycles. The standard InChI is InChI=1S/C12H13BrN4O2/c13-10-3-9(4-11(5-10)17(18)19)8-16-2-1-15-7-12(16)6-14/h3-5,12,15H,1-2,7-8H2. The summed E-state index contributed by atoms with van der Waals surface area (Å²) in [6.45, 7) is 2.76. The van der Waals surface area contributed by atoms with Crippen molar-refractivity contribution in [2.75, 3.05) is 19.6 Å². The molecule has 1 aliphatic heterocycles. The van der Waals surface area contributed by atoms with Crippen LogP contribution < -0.4 is 5.32 Å². The highest BCUT2D eigenvalue weighted by Crippen LogP contribution is 2.23. The smallest absolute Gasteiger partial charge is 0.270 e. The molecule has 1 atom stereocenters. The van der Waals surface area contributed by atoms with Gasteiger partial charge < -0.3 is 5.32 Å². The molecule has 1 fully saturated rings. The molecule has 1 aliphatic rings. The van der Waals surface area contributed by atoms with E-state index < -0.39 is 4.92 Å². The van der Waals surface area contributed by atoms with Crippen molar-refractivity contribution in [2.24, 2.45) is 0 Å². The number of hydrogen-bond donors (Lipinski definition) is 1. The van der Waals surface area contributed by atoms with Crippen molar-refractivity contribution in [2.45, 2.75) is 12.6 Å². The predicted molar refractivity (Wildman–Crippen MR) is 73.5 cm³/mol. The van der Waals surface area contributed by atoms with Gasteiger partial charge in [0.05, 0.1) is 11.0 Å². The van der Waals surface area contributed by atoms with Gasteiger partial charge in [-0.15, -0.1) is 0 Å². The molecule has 1 unspecified atom stereocenters. The predicted octanol–water partition coefficient (Wildman–Crippen LogP) is 1.65. The van der Waals surface area contributed by atoms with E-state index in [-0.39, 0.29) is 11.7 Å². The molecule has 0 bridgehead atoms. The number of nitriles is 1. The fraction of sp³-hybridized carbons (Fsp3) is 0.417. The minimum atomic E-state index is -0.409. The second-order valence-electron chi connectivity index (χ2n) is 4.39. The molecular formula is C12H13BrN4O2. The number of hydrogen-bond acceptors (Lipinski definition) is 5. The van der Waals surface area contributed by atoms with Crippen molar-refractivity contribution in [3.8, 4) is 6.07 Å². The maximum atomic E-state index is 10.8. The lowest BCUT2D eigenvalue weighted by atomic mass is 10.1. The molecule has 0 spiro atoms. The summed E-state index contributed by atoms with van der Waals surface area (Å²) in [5, 5.41) is 23.1. The van der Waals surface area contributed by atoms with Crippen molar-refractivity contribution in [3.63, 3.8) is 0 Å². The molecule has 1 N–H and O–H groups in total. The molecule has 1 aromatic rings. The van der Waals surface area contributed by atoms with Crippen LogP contribution in [0.2, 0.25) is 0 Å². The highest BCUT2D eigenvalue weighted by Gasteiger charge is 2.22. The van der Waals surface area contributed by atoms with Gasteiger partial charge in [-0.25, -0.2) is 0 Å². The minimum Gasteiger partial charge on any atom is -0.313 e. The maximum Gasteiger partial charge on any atom is 0.270 e. The van der Waals surface area contributed by atoms with E-state index in [1.165, 1.54) is 6.07 Å². The lowest BCUT2D eigenvalue weighted by Crippen LogP contribution is -2.49. The van der Waals surface area contributed by atoms with Crippen LogP contribution in [-0.2, 0) is 6.54 Å². The Kier molecular flexibility index (Phi) is 4.47. The first kappa shape index (κ1) is 13.9. The van der Waals surface area contributed by atoms with E-state index in [4.69, 9.17) is 5.26 Å². The summed E-state index contributed by atoms with van der Waals surface area (Å²) in [7, 11) is 0. The van der Waals surface area contributed by atoms with Crippen molar-refractivity contribution in [1.29, 1.82) is 5.26 Å². The average Bonchev–Trinajstić information content (AvgIpc) is 2.38. The minimum absolute atomic E-state index is 0.0630. The van der Waals surface area contributed by atoms with E-state index in [0.29, 0.717) is 17.6 Å². The summed E-state index contributed by atoms with van der Waals surface area (Å²) in [4.78, 5) is 12.4. The van der Waals surface area contributed by atoms with Gasteiger partial charge in [-0.3, -0.25) is 15.0 Å². The van der Waals surface area contributed by atoms with E-state index in [0.717, 1.165) is 18.7 Å². The van der Waals surface area contributed by atoms with Crippen molar-refractivity contribution < 1.29 is 4.92 Å². The number of nitro benzene ring substituents is 1. The highest BCUT2D eigenvalue weighted by atomic mass is 79.9. The zero-order chi connectivity index (χ0) is 13.8. The Morgan fingerprint density at radius 1 is 1.58 bits per heavy atom. The van der Waals surface area contributed by atoms with Gasteiger partial charge in [0.2, 0.25) is 0 Å². The SMILES string of the molecule is N#CC1CNCCN1Cc1cc(Br)cc([N+](=O)[O-])c1. The van der Waals surface area contributed by atoms with Crippen molar-refractivity contribution >= 4 is 21.6 Å². The molecule has 1 aromatic carbocycles. The third-order valence-corrected chi connectivity index (χ3v) is 3.50. The molecule has 0 saturated carbocycles. The van der Waals surface area contributed by atoms with Crippen LogP contribution in [0.15, 0.2) is 22.7 Å². The Bertz CT molecular complexity index is 529. The zero-order valence-corrected chi connectivity index (χ0v) is 11.8. The summed E-state index contributed by atoms with van der Waals surface area (Å²) in [6, 6.07) is 6.94. The van der Waals surface area contributed by atoms with Gasteiger partial charge in [0.25, 0.3) is 5.69 Å². The Morgan fingerprint density at radius 3 is 3.05 bits per heavy atom. The summed E-state index contributed by atoms with van der Waals surface area (Å²) in [5.41, 5.74) is 0.899. The van der Waals surface area contributed by atoms with Crippen LogP contribution >= 0.6 is 15.9 Å². The Hall–Kier alpha value is -1.49. The number of piperazine rings is 1. The van der Waals surface area contributed by atoms with E-state index in [2.05, 4.69) is 27.3 Å². The normalized spacial score (nSPS) is 19.9. The largest absolute Gasteiger partial charge is 0.313 e. The third-order valence-electron chi connectivity index (χ3n) is 3.04. The monoisotopic (exact) mass is 324 g/mol. The molecule has 0 amide bonds. The van der Waals surface area contributed by atoms with E-state index in [1.54, 1.807) is 6.07 Å². The number of rotatable bonds is 3. The van der Waals surface area contributed by atoms with Crippen LogP contribution in [0, 0.1) is 21.4 Å². The van der Waals surface area contributed by atoms with Crippen LogP contribution in [0.5, 0.6) is 0 Å². The fourth-order valence-electron chi connectivity index (χ4n) is 2.13. The maximum absolute atomic E-state index is 10.8. The molecule has 2 rings (SSSR count). The van der Waals surface area contributed by atoms with Gasteiger partial charge >= 0.3 is 0 Å². The van der Waals surface area contributed by atoms with E-state index in [9.17, 15) is 10.1 Å². The van der Waals surface area contributed by atoms with Gasteiger partial charge in [-0.2, -0.15) is 5.26 Å². The van der Waals surface area contributed by atoms with Crippen LogP contribution in [0.1, 0.15) is 5.56 Å².